The second-order valence-corrected chi connectivity index (χ2v) is 7.42. The topological polar surface area (TPSA) is 66.1 Å². The Morgan fingerprint density at radius 3 is 2.95 bits per heavy atom. The summed E-state index contributed by atoms with van der Waals surface area (Å²) in [5, 5.41) is 0.936. The molecule has 0 aliphatic carbocycles. The zero-order valence-corrected chi connectivity index (χ0v) is 15.0. The van der Waals surface area contributed by atoms with E-state index in [2.05, 4.69) is 16.9 Å². The molecule has 1 N–H and O–H groups in total. The van der Waals surface area contributed by atoms with Gasteiger partial charge in [-0.3, -0.25) is 9.59 Å². The van der Waals surface area contributed by atoms with E-state index in [9.17, 15) is 9.59 Å². The molecule has 1 atom stereocenters. The third-order valence-electron chi connectivity index (χ3n) is 3.83. The minimum Gasteiger partial charge on any atom is -0.330 e. The first-order valence-electron chi connectivity index (χ1n) is 7.61. The smallest absolute Gasteiger partial charge is 0.254 e. The van der Waals surface area contributed by atoms with Crippen LogP contribution in [0.5, 0.6) is 0 Å². The number of nitrogens with one attached hydrogen (secondary N) is 1. The number of rotatable bonds is 6. The van der Waals surface area contributed by atoms with Gasteiger partial charge in [-0.05, 0) is 26.0 Å². The third-order valence-corrected chi connectivity index (χ3v) is 5.70. The highest BCUT2D eigenvalue weighted by Gasteiger charge is 2.28. The van der Waals surface area contributed by atoms with Crippen molar-refractivity contribution in [2.24, 2.45) is 0 Å². The van der Waals surface area contributed by atoms with Gasteiger partial charge in [-0.1, -0.05) is 25.1 Å². The summed E-state index contributed by atoms with van der Waals surface area (Å²) in [7, 11) is 0. The Kier molecular flexibility index (Phi) is 6.37. The molecule has 0 bridgehead atoms. The standard InChI is InChI=1S/C15H23N3O2S2/c1-4-5-13-18(8-9-22-13)12(19)7-6-11-10(2)16-15(21-3)17-14(11)20/h13H,4-9H2,1-3H3,(H,16,17,20)/t13-/m1/s1. The summed E-state index contributed by atoms with van der Waals surface area (Å²) in [5.41, 5.74) is 1.23. The number of thioether (sulfide) groups is 2. The van der Waals surface area contributed by atoms with E-state index in [1.165, 1.54) is 11.8 Å². The van der Waals surface area contributed by atoms with Gasteiger partial charge >= 0.3 is 0 Å². The van der Waals surface area contributed by atoms with Crippen LogP contribution in [0, 0.1) is 6.92 Å². The lowest BCUT2D eigenvalue weighted by Crippen LogP contribution is -2.35. The molecule has 2 rings (SSSR count). The highest BCUT2D eigenvalue weighted by molar-refractivity contribution is 8.00. The maximum Gasteiger partial charge on any atom is 0.254 e. The molecule has 1 saturated heterocycles. The molecule has 1 aliphatic rings. The highest BCUT2D eigenvalue weighted by Crippen LogP contribution is 2.28. The molecule has 0 radical (unpaired) electrons. The number of H-pyrrole nitrogens is 1. The van der Waals surface area contributed by atoms with E-state index in [1.54, 1.807) is 0 Å². The zero-order chi connectivity index (χ0) is 16.1. The molecule has 0 saturated carbocycles. The highest BCUT2D eigenvalue weighted by atomic mass is 32.2. The lowest BCUT2D eigenvalue weighted by atomic mass is 10.1. The lowest BCUT2D eigenvalue weighted by Gasteiger charge is -2.23. The molecule has 2 heterocycles. The Labute approximate surface area is 139 Å². The summed E-state index contributed by atoms with van der Waals surface area (Å²) in [4.78, 5) is 33.6. The molecule has 0 spiro atoms. The summed E-state index contributed by atoms with van der Waals surface area (Å²) >= 11 is 3.27. The van der Waals surface area contributed by atoms with Crippen LogP contribution in [0.4, 0.5) is 0 Å². The normalized spacial score (nSPS) is 18.0. The Bertz CT molecular complexity index is 589. The lowest BCUT2D eigenvalue weighted by molar-refractivity contribution is -0.131. The van der Waals surface area contributed by atoms with E-state index in [1.807, 2.05) is 29.8 Å². The minimum absolute atomic E-state index is 0.120. The van der Waals surface area contributed by atoms with Crippen LogP contribution in [0.15, 0.2) is 9.95 Å². The predicted octanol–water partition coefficient (Wildman–Crippen LogP) is 2.43. The van der Waals surface area contributed by atoms with Crippen molar-refractivity contribution in [1.82, 2.24) is 14.9 Å². The van der Waals surface area contributed by atoms with Crippen LogP contribution in [-0.4, -0.2) is 44.7 Å². The van der Waals surface area contributed by atoms with E-state index < -0.39 is 0 Å². The molecule has 1 amide bonds. The Morgan fingerprint density at radius 1 is 1.55 bits per heavy atom. The fraction of sp³-hybridized carbons (Fsp3) is 0.667. The molecule has 1 aliphatic heterocycles. The van der Waals surface area contributed by atoms with E-state index in [-0.39, 0.29) is 11.5 Å². The average Bonchev–Trinajstić information content (AvgIpc) is 2.94. The van der Waals surface area contributed by atoms with Crippen LogP contribution in [0.3, 0.4) is 0 Å². The van der Waals surface area contributed by atoms with Gasteiger partial charge in [0.1, 0.15) is 0 Å². The number of aryl methyl sites for hydroxylation is 1. The van der Waals surface area contributed by atoms with Gasteiger partial charge in [0, 0.05) is 30.0 Å². The minimum atomic E-state index is -0.120. The van der Waals surface area contributed by atoms with Gasteiger partial charge in [-0.15, -0.1) is 11.8 Å². The van der Waals surface area contributed by atoms with Gasteiger partial charge in [0.25, 0.3) is 5.56 Å². The van der Waals surface area contributed by atoms with E-state index in [0.717, 1.165) is 30.8 Å². The van der Waals surface area contributed by atoms with Crippen molar-refractivity contribution in [1.29, 1.82) is 0 Å². The van der Waals surface area contributed by atoms with Crippen LogP contribution >= 0.6 is 23.5 Å². The number of carbonyl (C=O) groups is 1. The molecule has 7 heteroatoms. The number of hydrogen-bond donors (Lipinski definition) is 1. The van der Waals surface area contributed by atoms with E-state index in [0.29, 0.717) is 28.9 Å². The van der Waals surface area contributed by atoms with Crippen LogP contribution < -0.4 is 5.56 Å². The second kappa shape index (κ2) is 8.06. The fourth-order valence-corrected chi connectivity index (χ4v) is 4.45. The van der Waals surface area contributed by atoms with Crippen LogP contribution in [0.1, 0.15) is 37.4 Å². The van der Waals surface area contributed by atoms with Crippen molar-refractivity contribution in [3.63, 3.8) is 0 Å². The van der Waals surface area contributed by atoms with Gasteiger partial charge in [0.05, 0.1) is 5.37 Å². The van der Waals surface area contributed by atoms with Gasteiger partial charge in [0.15, 0.2) is 5.16 Å². The molecule has 22 heavy (non-hydrogen) atoms. The van der Waals surface area contributed by atoms with Crippen molar-refractivity contribution in [2.75, 3.05) is 18.6 Å². The molecule has 1 fully saturated rings. The fourth-order valence-electron chi connectivity index (χ4n) is 2.64. The van der Waals surface area contributed by atoms with Gasteiger partial charge in [-0.25, -0.2) is 4.98 Å². The van der Waals surface area contributed by atoms with E-state index >= 15 is 0 Å². The summed E-state index contributed by atoms with van der Waals surface area (Å²) in [6.07, 6.45) is 4.84. The van der Waals surface area contributed by atoms with Crippen LogP contribution in [0.25, 0.3) is 0 Å². The molecule has 5 nitrogen and oxygen atoms in total. The van der Waals surface area contributed by atoms with Crippen molar-refractivity contribution in [3.8, 4) is 0 Å². The quantitative estimate of drug-likeness (QED) is 0.636. The average molecular weight is 342 g/mol. The molecule has 0 unspecified atom stereocenters. The molecule has 1 aromatic heterocycles. The van der Waals surface area contributed by atoms with Crippen molar-refractivity contribution in [3.05, 3.63) is 21.6 Å². The maximum absolute atomic E-state index is 12.4. The van der Waals surface area contributed by atoms with Crippen LogP contribution in [0.2, 0.25) is 0 Å². The molecule has 0 aromatic carbocycles. The second-order valence-electron chi connectivity index (χ2n) is 5.34. The Morgan fingerprint density at radius 2 is 2.32 bits per heavy atom. The van der Waals surface area contributed by atoms with Gasteiger partial charge in [0.2, 0.25) is 5.91 Å². The molecule has 1 aromatic rings. The Balaban J connectivity index is 2.01. The zero-order valence-electron chi connectivity index (χ0n) is 13.3. The first-order chi connectivity index (χ1) is 10.6. The maximum atomic E-state index is 12.4. The first-order valence-corrected chi connectivity index (χ1v) is 9.89. The number of nitrogens with zero attached hydrogens (tertiary/aromatic N) is 2. The van der Waals surface area contributed by atoms with Crippen molar-refractivity contribution in [2.45, 2.75) is 50.1 Å². The number of aromatic nitrogens is 2. The van der Waals surface area contributed by atoms with Crippen LogP contribution in [-0.2, 0) is 11.2 Å². The summed E-state index contributed by atoms with van der Waals surface area (Å²) in [5.74, 6) is 1.16. The van der Waals surface area contributed by atoms with Crippen molar-refractivity contribution < 1.29 is 4.79 Å². The SMILES string of the molecule is CCC[C@H]1SCCN1C(=O)CCc1c(C)nc(SC)[nH]c1=O. The largest absolute Gasteiger partial charge is 0.330 e. The summed E-state index contributed by atoms with van der Waals surface area (Å²) in [6.45, 7) is 4.80. The number of amides is 1. The first kappa shape index (κ1) is 17.4. The van der Waals surface area contributed by atoms with E-state index in [4.69, 9.17) is 0 Å². The third kappa shape index (κ3) is 4.07. The number of hydrogen-bond acceptors (Lipinski definition) is 5. The summed E-state index contributed by atoms with van der Waals surface area (Å²) in [6, 6.07) is 0. The molecular formula is C15H23N3O2S2. The summed E-state index contributed by atoms with van der Waals surface area (Å²) < 4.78 is 0. The monoisotopic (exact) mass is 341 g/mol. The molecular weight excluding hydrogens is 318 g/mol. The Hall–Kier alpha value is -0.950. The number of aromatic amines is 1. The number of carbonyl (C=O) groups excluding carboxylic acids is 1. The predicted molar refractivity (Wildman–Crippen MR) is 92.6 cm³/mol. The van der Waals surface area contributed by atoms with Crippen molar-refractivity contribution >= 4 is 29.4 Å². The molecule has 122 valence electrons. The van der Waals surface area contributed by atoms with Gasteiger partial charge in [-0.2, -0.15) is 0 Å². The van der Waals surface area contributed by atoms with Gasteiger partial charge < -0.3 is 9.88 Å².